The van der Waals surface area contributed by atoms with Crippen molar-refractivity contribution in [2.75, 3.05) is 7.05 Å². The first-order valence-corrected chi connectivity index (χ1v) is 5.88. The van der Waals surface area contributed by atoms with Gasteiger partial charge in [-0.25, -0.2) is 4.98 Å². The Morgan fingerprint density at radius 3 is 2.94 bits per heavy atom. The van der Waals surface area contributed by atoms with E-state index < -0.39 is 0 Å². The highest BCUT2D eigenvalue weighted by atomic mass is 16.2. The molecule has 0 unspecified atom stereocenters. The van der Waals surface area contributed by atoms with Crippen molar-refractivity contribution >= 4 is 5.91 Å². The normalized spacial score (nSPS) is 10.6. The first-order valence-electron chi connectivity index (χ1n) is 5.88. The van der Waals surface area contributed by atoms with Crippen LogP contribution in [-0.2, 0) is 20.0 Å². The van der Waals surface area contributed by atoms with Crippen molar-refractivity contribution in [2.24, 2.45) is 7.05 Å². The summed E-state index contributed by atoms with van der Waals surface area (Å²) in [4.78, 5) is 21.0. The number of aromatic amines is 1. The molecular weight excluding hydrogens is 230 g/mol. The van der Waals surface area contributed by atoms with Crippen LogP contribution in [0, 0.1) is 0 Å². The van der Waals surface area contributed by atoms with Gasteiger partial charge in [0, 0.05) is 32.7 Å². The fraction of sp³-hybridized carbons (Fsp3) is 0.417. The molecule has 0 saturated carbocycles. The van der Waals surface area contributed by atoms with Gasteiger partial charge in [0.15, 0.2) is 0 Å². The molecule has 0 aliphatic carbocycles. The van der Waals surface area contributed by atoms with Gasteiger partial charge >= 0.3 is 0 Å². The fourth-order valence-corrected chi connectivity index (χ4v) is 1.86. The Balaban J connectivity index is 2.15. The topological polar surface area (TPSA) is 66.8 Å². The van der Waals surface area contributed by atoms with E-state index in [1.807, 2.05) is 14.0 Å². The Morgan fingerprint density at radius 1 is 1.56 bits per heavy atom. The molecule has 0 atom stereocenters. The number of amides is 1. The van der Waals surface area contributed by atoms with Crippen molar-refractivity contribution in [3.8, 4) is 0 Å². The monoisotopic (exact) mass is 247 g/mol. The number of rotatable bonds is 4. The molecule has 2 aromatic rings. The van der Waals surface area contributed by atoms with Crippen LogP contribution in [0.4, 0.5) is 0 Å². The molecule has 0 aliphatic heterocycles. The molecule has 1 N–H and O–H groups in total. The minimum atomic E-state index is -0.0312. The molecule has 0 bridgehead atoms. The minimum Gasteiger partial charge on any atom is -0.347 e. The summed E-state index contributed by atoms with van der Waals surface area (Å²) < 4.78 is 1.67. The summed E-state index contributed by atoms with van der Waals surface area (Å²) in [6, 6.07) is 0. The Morgan fingerprint density at radius 2 is 2.33 bits per heavy atom. The molecular formula is C12H17N5O. The van der Waals surface area contributed by atoms with Crippen molar-refractivity contribution < 1.29 is 4.79 Å². The van der Waals surface area contributed by atoms with Crippen molar-refractivity contribution in [1.82, 2.24) is 24.6 Å². The van der Waals surface area contributed by atoms with Crippen molar-refractivity contribution in [2.45, 2.75) is 19.9 Å². The lowest BCUT2D eigenvalue weighted by atomic mass is 10.2. The molecule has 2 heterocycles. The first kappa shape index (κ1) is 12.3. The summed E-state index contributed by atoms with van der Waals surface area (Å²) >= 11 is 0. The predicted molar refractivity (Wildman–Crippen MR) is 67.0 cm³/mol. The highest BCUT2D eigenvalue weighted by Gasteiger charge is 2.18. The molecule has 0 spiro atoms. The number of hydrogen-bond acceptors (Lipinski definition) is 3. The summed E-state index contributed by atoms with van der Waals surface area (Å²) in [5.74, 6) is 0.740. The largest absolute Gasteiger partial charge is 0.347 e. The maximum Gasteiger partial charge on any atom is 0.257 e. The van der Waals surface area contributed by atoms with Gasteiger partial charge < -0.3 is 9.88 Å². The van der Waals surface area contributed by atoms with E-state index >= 15 is 0 Å². The number of hydrogen-bond donors (Lipinski definition) is 1. The lowest BCUT2D eigenvalue weighted by Crippen LogP contribution is -2.27. The van der Waals surface area contributed by atoms with Gasteiger partial charge in [-0.3, -0.25) is 9.48 Å². The van der Waals surface area contributed by atoms with E-state index in [9.17, 15) is 4.79 Å². The Kier molecular flexibility index (Phi) is 3.45. The van der Waals surface area contributed by atoms with Gasteiger partial charge in [0.1, 0.15) is 5.82 Å². The van der Waals surface area contributed by atoms with Gasteiger partial charge in [-0.2, -0.15) is 5.10 Å². The third kappa shape index (κ3) is 2.42. The second kappa shape index (κ2) is 5.03. The number of carbonyl (C=O) groups is 1. The lowest BCUT2D eigenvalue weighted by Gasteiger charge is -2.15. The summed E-state index contributed by atoms with van der Waals surface area (Å²) in [5.41, 5.74) is 1.49. The third-order valence-corrected chi connectivity index (χ3v) is 2.76. The highest BCUT2D eigenvalue weighted by molar-refractivity contribution is 5.94. The van der Waals surface area contributed by atoms with Crippen LogP contribution < -0.4 is 0 Å². The minimum absolute atomic E-state index is 0.0312. The zero-order valence-corrected chi connectivity index (χ0v) is 10.8. The van der Waals surface area contributed by atoms with E-state index in [0.717, 1.165) is 17.9 Å². The molecule has 96 valence electrons. The first-order chi connectivity index (χ1) is 8.61. The van der Waals surface area contributed by atoms with E-state index in [1.165, 1.54) is 0 Å². The Bertz CT molecular complexity index is 529. The smallest absolute Gasteiger partial charge is 0.257 e. The molecule has 6 nitrogen and oxygen atoms in total. The van der Waals surface area contributed by atoms with E-state index in [4.69, 9.17) is 0 Å². The van der Waals surface area contributed by atoms with Crippen LogP contribution in [0.5, 0.6) is 0 Å². The molecule has 0 radical (unpaired) electrons. The van der Waals surface area contributed by atoms with Crippen LogP contribution in [0.1, 0.15) is 28.8 Å². The second-order valence-corrected chi connectivity index (χ2v) is 4.21. The fourth-order valence-electron chi connectivity index (χ4n) is 1.86. The molecule has 0 saturated heterocycles. The number of H-pyrrole nitrogens is 1. The second-order valence-electron chi connectivity index (χ2n) is 4.21. The summed E-state index contributed by atoms with van der Waals surface area (Å²) in [7, 11) is 3.58. The van der Waals surface area contributed by atoms with Crippen LogP contribution in [0.2, 0.25) is 0 Å². The van der Waals surface area contributed by atoms with Crippen LogP contribution in [0.25, 0.3) is 0 Å². The SMILES string of the molecule is CCc1nn(C)cc1C(=O)N(C)Cc1ncc[nH]1. The van der Waals surface area contributed by atoms with Gasteiger partial charge in [-0.15, -0.1) is 0 Å². The van der Waals surface area contributed by atoms with Crippen LogP contribution in [0.15, 0.2) is 18.6 Å². The Labute approximate surface area is 106 Å². The number of aryl methyl sites for hydroxylation is 2. The summed E-state index contributed by atoms with van der Waals surface area (Å²) in [6.07, 6.45) is 5.93. The average Bonchev–Trinajstić information content (AvgIpc) is 2.97. The van der Waals surface area contributed by atoms with Gasteiger partial charge in [-0.05, 0) is 6.42 Å². The van der Waals surface area contributed by atoms with E-state index in [1.54, 1.807) is 35.2 Å². The van der Waals surface area contributed by atoms with Crippen LogP contribution in [0.3, 0.4) is 0 Å². The van der Waals surface area contributed by atoms with Gasteiger partial charge in [0.05, 0.1) is 17.8 Å². The zero-order valence-electron chi connectivity index (χ0n) is 10.8. The van der Waals surface area contributed by atoms with Crippen molar-refractivity contribution in [3.05, 3.63) is 35.7 Å². The quantitative estimate of drug-likeness (QED) is 0.875. The molecule has 1 amide bonds. The molecule has 0 aromatic carbocycles. The van der Waals surface area contributed by atoms with Crippen LogP contribution in [-0.4, -0.2) is 37.6 Å². The number of carbonyl (C=O) groups excluding carboxylic acids is 1. The van der Waals surface area contributed by atoms with E-state index in [-0.39, 0.29) is 5.91 Å². The lowest BCUT2D eigenvalue weighted by molar-refractivity contribution is 0.0780. The Hall–Kier alpha value is -2.11. The summed E-state index contributed by atoms with van der Waals surface area (Å²) in [5, 5.41) is 4.28. The maximum atomic E-state index is 12.3. The highest BCUT2D eigenvalue weighted by Crippen LogP contribution is 2.11. The van der Waals surface area contributed by atoms with Gasteiger partial charge in [0.25, 0.3) is 5.91 Å². The number of aromatic nitrogens is 4. The standard InChI is InChI=1S/C12H17N5O/c1-4-10-9(7-17(3)15-10)12(18)16(2)8-11-13-5-6-14-11/h5-7H,4,8H2,1-3H3,(H,13,14). The number of nitrogens with one attached hydrogen (secondary N) is 1. The third-order valence-electron chi connectivity index (χ3n) is 2.76. The average molecular weight is 247 g/mol. The van der Waals surface area contributed by atoms with Crippen molar-refractivity contribution in [1.29, 1.82) is 0 Å². The molecule has 18 heavy (non-hydrogen) atoms. The predicted octanol–water partition coefficient (Wildman–Crippen LogP) is 0.978. The van der Waals surface area contributed by atoms with Crippen LogP contribution >= 0.6 is 0 Å². The molecule has 2 rings (SSSR count). The molecule has 0 aliphatic rings. The number of nitrogens with zero attached hydrogens (tertiary/aromatic N) is 4. The van der Waals surface area contributed by atoms with Gasteiger partial charge in [-0.1, -0.05) is 6.92 Å². The molecule has 2 aromatic heterocycles. The summed E-state index contributed by atoms with van der Waals surface area (Å²) in [6.45, 7) is 2.45. The molecule has 0 fully saturated rings. The zero-order chi connectivity index (χ0) is 13.1. The maximum absolute atomic E-state index is 12.3. The van der Waals surface area contributed by atoms with E-state index in [0.29, 0.717) is 12.1 Å². The molecule has 6 heteroatoms. The number of imidazole rings is 1. The van der Waals surface area contributed by atoms with E-state index in [2.05, 4.69) is 15.1 Å². The van der Waals surface area contributed by atoms with Crippen molar-refractivity contribution in [3.63, 3.8) is 0 Å². The van der Waals surface area contributed by atoms with Gasteiger partial charge in [0.2, 0.25) is 0 Å².